The largest absolute Gasteiger partial charge is 0.372 e. The van der Waals surface area contributed by atoms with Crippen LogP contribution in [-0.2, 0) is 0 Å². The molecule has 0 spiro atoms. The summed E-state index contributed by atoms with van der Waals surface area (Å²) in [6.07, 6.45) is 0. The first-order valence-electron chi connectivity index (χ1n) is 5.53. The number of hydrogen-bond acceptors (Lipinski definition) is 2. The lowest BCUT2D eigenvalue weighted by molar-refractivity contribution is 0.746. The summed E-state index contributed by atoms with van der Waals surface area (Å²) in [5, 5.41) is 0. The van der Waals surface area contributed by atoms with Crippen LogP contribution in [0, 0.1) is 27.7 Å². The molecule has 0 radical (unpaired) electrons. The summed E-state index contributed by atoms with van der Waals surface area (Å²) in [4.78, 5) is 6.87. The summed E-state index contributed by atoms with van der Waals surface area (Å²) in [7, 11) is 2.15. The van der Waals surface area contributed by atoms with E-state index in [2.05, 4.69) is 58.5 Å². The van der Waals surface area contributed by atoms with Crippen molar-refractivity contribution in [3.8, 4) is 0 Å². The SMILES string of the molecule is Cc1nc(C)c(C)c(N(C)C(C)C)c1C. The second-order valence-electron chi connectivity index (χ2n) is 4.59. The van der Waals surface area contributed by atoms with Crippen LogP contribution in [-0.4, -0.2) is 18.1 Å². The molecule has 0 bridgehead atoms. The summed E-state index contributed by atoms with van der Waals surface area (Å²) in [6.45, 7) is 12.9. The van der Waals surface area contributed by atoms with Crippen molar-refractivity contribution >= 4 is 5.69 Å². The summed E-state index contributed by atoms with van der Waals surface area (Å²) in [6, 6.07) is 0.517. The molecule has 1 rings (SSSR count). The molecule has 0 fully saturated rings. The third kappa shape index (κ3) is 2.14. The molecule has 0 unspecified atom stereocenters. The maximum absolute atomic E-state index is 4.55. The summed E-state index contributed by atoms with van der Waals surface area (Å²) in [5.41, 5.74) is 6.22. The Morgan fingerprint density at radius 1 is 0.933 bits per heavy atom. The maximum atomic E-state index is 4.55. The minimum absolute atomic E-state index is 0.517. The Hall–Kier alpha value is -1.05. The van der Waals surface area contributed by atoms with E-state index in [1.165, 1.54) is 16.8 Å². The van der Waals surface area contributed by atoms with E-state index >= 15 is 0 Å². The predicted molar refractivity (Wildman–Crippen MR) is 66.7 cm³/mol. The van der Waals surface area contributed by atoms with Gasteiger partial charge in [-0.05, 0) is 52.7 Å². The Labute approximate surface area is 93.3 Å². The summed E-state index contributed by atoms with van der Waals surface area (Å²) < 4.78 is 0. The van der Waals surface area contributed by atoms with Crippen LogP contribution in [0.5, 0.6) is 0 Å². The average Bonchev–Trinajstić information content (AvgIpc) is 2.15. The molecular formula is C13H22N2. The number of pyridine rings is 1. The molecule has 2 heteroatoms. The fourth-order valence-corrected chi connectivity index (χ4v) is 1.83. The van der Waals surface area contributed by atoms with Gasteiger partial charge in [-0.1, -0.05) is 0 Å². The molecule has 0 aromatic carbocycles. The molecule has 1 heterocycles. The van der Waals surface area contributed by atoms with Gasteiger partial charge in [-0.3, -0.25) is 4.98 Å². The highest BCUT2D eigenvalue weighted by molar-refractivity contribution is 5.61. The Morgan fingerprint density at radius 2 is 1.33 bits per heavy atom. The van der Waals surface area contributed by atoms with Gasteiger partial charge in [-0.25, -0.2) is 0 Å². The van der Waals surface area contributed by atoms with E-state index < -0.39 is 0 Å². The van der Waals surface area contributed by atoms with Crippen LogP contribution < -0.4 is 4.90 Å². The highest BCUT2D eigenvalue weighted by Crippen LogP contribution is 2.28. The highest BCUT2D eigenvalue weighted by Gasteiger charge is 2.15. The molecule has 0 N–H and O–H groups in total. The topological polar surface area (TPSA) is 16.1 Å². The quantitative estimate of drug-likeness (QED) is 0.739. The van der Waals surface area contributed by atoms with Gasteiger partial charge in [0.1, 0.15) is 0 Å². The van der Waals surface area contributed by atoms with Crippen LogP contribution in [0.2, 0.25) is 0 Å². The lowest BCUT2D eigenvalue weighted by Gasteiger charge is -2.28. The van der Waals surface area contributed by atoms with Crippen LogP contribution in [0.4, 0.5) is 5.69 Å². The molecule has 2 nitrogen and oxygen atoms in total. The molecule has 1 aromatic rings. The smallest absolute Gasteiger partial charge is 0.0461 e. The van der Waals surface area contributed by atoms with Crippen LogP contribution in [0.25, 0.3) is 0 Å². The third-order valence-corrected chi connectivity index (χ3v) is 3.26. The zero-order valence-electron chi connectivity index (χ0n) is 11.0. The first-order chi connectivity index (χ1) is 6.86. The lowest BCUT2D eigenvalue weighted by Crippen LogP contribution is -2.28. The van der Waals surface area contributed by atoms with E-state index in [0.29, 0.717) is 6.04 Å². The van der Waals surface area contributed by atoms with Gasteiger partial charge in [0.25, 0.3) is 0 Å². The zero-order valence-corrected chi connectivity index (χ0v) is 11.0. The monoisotopic (exact) mass is 206 g/mol. The molecule has 1 aromatic heterocycles. The summed E-state index contributed by atoms with van der Waals surface area (Å²) >= 11 is 0. The normalized spacial score (nSPS) is 10.9. The lowest BCUT2D eigenvalue weighted by atomic mass is 10.0. The fourth-order valence-electron chi connectivity index (χ4n) is 1.83. The Bertz CT molecular complexity index is 341. The van der Waals surface area contributed by atoms with Crippen LogP contribution in [0.15, 0.2) is 0 Å². The van der Waals surface area contributed by atoms with Crippen molar-refractivity contribution in [1.29, 1.82) is 0 Å². The Morgan fingerprint density at radius 3 is 1.67 bits per heavy atom. The second-order valence-corrected chi connectivity index (χ2v) is 4.59. The number of rotatable bonds is 2. The van der Waals surface area contributed by atoms with Gasteiger partial charge >= 0.3 is 0 Å². The molecule has 0 saturated heterocycles. The van der Waals surface area contributed by atoms with Gasteiger partial charge in [0.2, 0.25) is 0 Å². The maximum Gasteiger partial charge on any atom is 0.0461 e. The number of aryl methyl sites for hydroxylation is 2. The molecule has 0 aliphatic heterocycles. The third-order valence-electron chi connectivity index (χ3n) is 3.26. The number of hydrogen-bond donors (Lipinski definition) is 0. The van der Waals surface area contributed by atoms with Gasteiger partial charge in [0, 0.05) is 30.2 Å². The fraction of sp³-hybridized carbons (Fsp3) is 0.615. The number of anilines is 1. The molecular weight excluding hydrogens is 184 g/mol. The minimum Gasteiger partial charge on any atom is -0.372 e. The van der Waals surface area contributed by atoms with Crippen molar-refractivity contribution in [2.45, 2.75) is 47.6 Å². The molecule has 0 saturated carbocycles. The number of nitrogens with zero attached hydrogens (tertiary/aromatic N) is 2. The molecule has 84 valence electrons. The van der Waals surface area contributed by atoms with E-state index in [4.69, 9.17) is 0 Å². The molecule has 0 aliphatic rings. The van der Waals surface area contributed by atoms with Gasteiger partial charge in [0.05, 0.1) is 0 Å². The van der Waals surface area contributed by atoms with Crippen LogP contribution >= 0.6 is 0 Å². The van der Waals surface area contributed by atoms with Crippen molar-refractivity contribution in [3.63, 3.8) is 0 Å². The van der Waals surface area contributed by atoms with Crippen LogP contribution in [0.1, 0.15) is 36.4 Å². The molecule has 0 aliphatic carbocycles. The van der Waals surface area contributed by atoms with E-state index in [1.807, 2.05) is 0 Å². The van der Waals surface area contributed by atoms with E-state index in [-0.39, 0.29) is 0 Å². The standard InChI is InChI=1S/C13H22N2/c1-8(2)15(7)13-9(3)11(5)14-12(6)10(13)4/h8H,1-7H3. The van der Waals surface area contributed by atoms with Crippen molar-refractivity contribution < 1.29 is 0 Å². The molecule has 15 heavy (non-hydrogen) atoms. The van der Waals surface area contributed by atoms with Crippen molar-refractivity contribution in [2.75, 3.05) is 11.9 Å². The van der Waals surface area contributed by atoms with Gasteiger partial charge in [-0.15, -0.1) is 0 Å². The zero-order chi connectivity index (χ0) is 11.7. The van der Waals surface area contributed by atoms with E-state index in [1.54, 1.807) is 0 Å². The van der Waals surface area contributed by atoms with Crippen LogP contribution in [0.3, 0.4) is 0 Å². The second kappa shape index (κ2) is 4.21. The van der Waals surface area contributed by atoms with Crippen molar-refractivity contribution in [1.82, 2.24) is 4.98 Å². The summed E-state index contributed by atoms with van der Waals surface area (Å²) in [5.74, 6) is 0. The van der Waals surface area contributed by atoms with Gasteiger partial charge in [0.15, 0.2) is 0 Å². The van der Waals surface area contributed by atoms with Crippen molar-refractivity contribution in [3.05, 3.63) is 22.5 Å². The van der Waals surface area contributed by atoms with E-state index in [0.717, 1.165) is 11.4 Å². The average molecular weight is 206 g/mol. The predicted octanol–water partition coefficient (Wildman–Crippen LogP) is 3.16. The Kier molecular flexibility index (Phi) is 3.38. The number of aromatic nitrogens is 1. The first kappa shape index (κ1) is 12.0. The Balaban J connectivity index is 3.39. The van der Waals surface area contributed by atoms with Crippen molar-refractivity contribution in [2.24, 2.45) is 0 Å². The van der Waals surface area contributed by atoms with Gasteiger partial charge in [-0.2, -0.15) is 0 Å². The highest BCUT2D eigenvalue weighted by atomic mass is 15.1. The van der Waals surface area contributed by atoms with Gasteiger partial charge < -0.3 is 4.90 Å². The first-order valence-corrected chi connectivity index (χ1v) is 5.53. The molecule has 0 amide bonds. The van der Waals surface area contributed by atoms with E-state index in [9.17, 15) is 0 Å². The minimum atomic E-state index is 0.517. The molecule has 0 atom stereocenters.